The van der Waals surface area contributed by atoms with Gasteiger partial charge in [0.2, 0.25) is 0 Å². The predicted octanol–water partition coefficient (Wildman–Crippen LogP) is 3.16. The summed E-state index contributed by atoms with van der Waals surface area (Å²) in [5.74, 6) is 0.949. The monoisotopic (exact) mass is 275 g/mol. The van der Waals surface area contributed by atoms with Crippen LogP contribution in [0.25, 0.3) is 0 Å². The molecule has 1 aliphatic heterocycles. The summed E-state index contributed by atoms with van der Waals surface area (Å²) in [5, 5.41) is 10.1. The number of β-amino-alcohol motifs (C(OH)–C–C–N with tert-alkyl or cyclic N) is 1. The van der Waals surface area contributed by atoms with E-state index in [1.54, 1.807) is 7.11 Å². The Morgan fingerprint density at radius 2 is 2.30 bits per heavy atom. The van der Waals surface area contributed by atoms with Crippen LogP contribution in [-0.2, 0) is 0 Å². The normalized spacial score (nSPS) is 20.8. The molecule has 1 aliphatic rings. The molecule has 1 aromatic carbocycles. The number of para-hydroxylation sites is 1. The first kappa shape index (κ1) is 15.1. The van der Waals surface area contributed by atoms with Crippen molar-refractivity contribution in [3.05, 3.63) is 42.5 Å². The quantitative estimate of drug-likeness (QED) is 0.776. The Bertz CT molecular complexity index is 433. The molecule has 2 unspecified atom stereocenters. The van der Waals surface area contributed by atoms with E-state index in [0.717, 1.165) is 38.1 Å². The third-order valence-corrected chi connectivity index (χ3v) is 4.01. The lowest BCUT2D eigenvalue weighted by atomic mass is 10.0. The average Bonchev–Trinajstić information content (AvgIpc) is 2.93. The van der Waals surface area contributed by atoms with Crippen molar-refractivity contribution in [1.29, 1.82) is 0 Å². The van der Waals surface area contributed by atoms with Crippen molar-refractivity contribution in [1.82, 2.24) is 4.90 Å². The van der Waals surface area contributed by atoms with Crippen LogP contribution >= 0.6 is 0 Å². The molecular weight excluding hydrogens is 250 g/mol. The fourth-order valence-corrected chi connectivity index (χ4v) is 3.01. The Morgan fingerprint density at radius 1 is 1.50 bits per heavy atom. The summed E-state index contributed by atoms with van der Waals surface area (Å²) in [4.78, 5) is 2.38. The summed E-state index contributed by atoms with van der Waals surface area (Å²) in [7, 11) is 1.72. The number of hydrogen-bond donors (Lipinski definition) is 1. The zero-order valence-electron chi connectivity index (χ0n) is 12.3. The van der Waals surface area contributed by atoms with E-state index in [1.807, 2.05) is 18.2 Å². The van der Waals surface area contributed by atoms with Gasteiger partial charge in [0.05, 0.1) is 13.2 Å². The van der Waals surface area contributed by atoms with E-state index in [2.05, 4.69) is 23.6 Å². The number of hydrogen-bond acceptors (Lipinski definition) is 3. The highest BCUT2D eigenvalue weighted by atomic mass is 16.5. The van der Waals surface area contributed by atoms with Crippen molar-refractivity contribution >= 4 is 0 Å². The van der Waals surface area contributed by atoms with E-state index in [4.69, 9.17) is 4.74 Å². The maximum atomic E-state index is 10.1. The van der Waals surface area contributed by atoms with E-state index in [9.17, 15) is 5.11 Å². The minimum atomic E-state index is -0.275. The van der Waals surface area contributed by atoms with E-state index in [-0.39, 0.29) is 6.10 Å². The van der Waals surface area contributed by atoms with Crippen LogP contribution in [0.2, 0.25) is 0 Å². The minimum absolute atomic E-state index is 0.275. The van der Waals surface area contributed by atoms with Gasteiger partial charge in [-0.25, -0.2) is 0 Å². The van der Waals surface area contributed by atoms with Gasteiger partial charge < -0.3 is 9.84 Å². The molecule has 1 heterocycles. The fourth-order valence-electron chi connectivity index (χ4n) is 3.01. The molecule has 20 heavy (non-hydrogen) atoms. The van der Waals surface area contributed by atoms with Crippen molar-refractivity contribution in [2.24, 2.45) is 0 Å². The molecule has 0 spiro atoms. The van der Waals surface area contributed by atoms with Crippen molar-refractivity contribution in [2.45, 2.75) is 37.8 Å². The third-order valence-electron chi connectivity index (χ3n) is 4.01. The maximum absolute atomic E-state index is 10.1. The number of aliphatic hydroxyl groups excluding tert-OH is 1. The Balaban J connectivity index is 2.05. The molecule has 2 rings (SSSR count). The minimum Gasteiger partial charge on any atom is -0.496 e. The fraction of sp³-hybridized carbons (Fsp3) is 0.529. The Morgan fingerprint density at radius 3 is 3.05 bits per heavy atom. The lowest BCUT2D eigenvalue weighted by Gasteiger charge is -2.28. The number of likely N-dealkylation sites (tertiary alicyclic amines) is 1. The third kappa shape index (κ3) is 3.62. The van der Waals surface area contributed by atoms with Crippen molar-refractivity contribution < 1.29 is 9.84 Å². The number of aliphatic hydroxyl groups is 1. The first-order valence-electron chi connectivity index (χ1n) is 7.42. The van der Waals surface area contributed by atoms with Gasteiger partial charge in [0, 0.05) is 18.2 Å². The van der Waals surface area contributed by atoms with Crippen LogP contribution in [-0.4, -0.2) is 36.3 Å². The van der Waals surface area contributed by atoms with Crippen LogP contribution in [0.3, 0.4) is 0 Å². The highest BCUT2D eigenvalue weighted by Gasteiger charge is 2.29. The second-order valence-electron chi connectivity index (χ2n) is 5.41. The number of rotatable bonds is 7. The standard InChI is InChI=1S/C17H25NO2/c1-3-4-8-14(19)13-18-12-7-10-16(18)15-9-5-6-11-17(15)20-2/h3,5-6,9,11,14,16,19H,1,4,7-8,10,12-13H2,2H3. The van der Waals surface area contributed by atoms with E-state index in [0.29, 0.717) is 6.04 Å². The summed E-state index contributed by atoms with van der Waals surface area (Å²) < 4.78 is 5.47. The Kier molecular flexibility index (Phi) is 5.62. The van der Waals surface area contributed by atoms with Gasteiger partial charge in [0.25, 0.3) is 0 Å². The molecule has 1 fully saturated rings. The van der Waals surface area contributed by atoms with Crippen molar-refractivity contribution in [3.63, 3.8) is 0 Å². The summed E-state index contributed by atoms with van der Waals surface area (Å²) in [6.07, 6.45) is 5.56. The molecule has 0 bridgehead atoms. The van der Waals surface area contributed by atoms with Gasteiger partial charge in [-0.3, -0.25) is 4.90 Å². The molecule has 3 heteroatoms. The van der Waals surface area contributed by atoms with Crippen LogP contribution in [0.1, 0.15) is 37.3 Å². The molecule has 0 aliphatic carbocycles. The van der Waals surface area contributed by atoms with Crippen molar-refractivity contribution in [3.8, 4) is 5.75 Å². The molecule has 0 aromatic heterocycles. The summed E-state index contributed by atoms with van der Waals surface area (Å²) in [6, 6.07) is 8.57. The van der Waals surface area contributed by atoms with Gasteiger partial charge >= 0.3 is 0 Å². The van der Waals surface area contributed by atoms with Gasteiger partial charge in [-0.05, 0) is 38.3 Å². The van der Waals surface area contributed by atoms with Gasteiger partial charge in [-0.2, -0.15) is 0 Å². The number of benzene rings is 1. The first-order chi connectivity index (χ1) is 9.76. The number of nitrogens with zero attached hydrogens (tertiary/aromatic N) is 1. The molecule has 0 amide bonds. The molecule has 1 saturated heterocycles. The Labute approximate surface area is 121 Å². The molecule has 1 N–H and O–H groups in total. The highest BCUT2D eigenvalue weighted by molar-refractivity contribution is 5.36. The first-order valence-corrected chi connectivity index (χ1v) is 7.42. The summed E-state index contributed by atoms with van der Waals surface area (Å²) in [6.45, 7) is 5.49. The van der Waals surface area contributed by atoms with Gasteiger partial charge in [0.15, 0.2) is 0 Å². The highest BCUT2D eigenvalue weighted by Crippen LogP contribution is 2.36. The van der Waals surface area contributed by atoms with Crippen LogP contribution in [0, 0.1) is 0 Å². The van der Waals surface area contributed by atoms with E-state index >= 15 is 0 Å². The van der Waals surface area contributed by atoms with Crippen molar-refractivity contribution in [2.75, 3.05) is 20.2 Å². The van der Waals surface area contributed by atoms with Crippen LogP contribution in [0.5, 0.6) is 5.75 Å². The van der Waals surface area contributed by atoms with Gasteiger partial charge in [-0.1, -0.05) is 24.3 Å². The lowest BCUT2D eigenvalue weighted by Crippen LogP contribution is -2.32. The number of methoxy groups -OCH3 is 1. The van der Waals surface area contributed by atoms with Crippen LogP contribution < -0.4 is 4.74 Å². The van der Waals surface area contributed by atoms with Gasteiger partial charge in [0.1, 0.15) is 5.75 Å². The molecule has 2 atom stereocenters. The molecule has 0 radical (unpaired) electrons. The largest absolute Gasteiger partial charge is 0.496 e. The predicted molar refractivity (Wildman–Crippen MR) is 82.0 cm³/mol. The number of allylic oxidation sites excluding steroid dienone is 1. The molecule has 1 aromatic rings. The van der Waals surface area contributed by atoms with Crippen LogP contribution in [0.4, 0.5) is 0 Å². The SMILES string of the molecule is C=CCCC(O)CN1CCCC1c1ccccc1OC. The lowest BCUT2D eigenvalue weighted by molar-refractivity contribution is 0.0990. The second kappa shape index (κ2) is 7.46. The smallest absolute Gasteiger partial charge is 0.123 e. The zero-order valence-corrected chi connectivity index (χ0v) is 12.3. The molecular formula is C17H25NO2. The Hall–Kier alpha value is -1.32. The van der Waals surface area contributed by atoms with E-state index < -0.39 is 0 Å². The molecule has 110 valence electrons. The summed E-state index contributed by atoms with van der Waals surface area (Å²) >= 11 is 0. The molecule has 3 nitrogen and oxygen atoms in total. The maximum Gasteiger partial charge on any atom is 0.123 e. The number of ether oxygens (including phenoxy) is 1. The van der Waals surface area contributed by atoms with Gasteiger partial charge in [-0.15, -0.1) is 6.58 Å². The van der Waals surface area contributed by atoms with Crippen LogP contribution in [0.15, 0.2) is 36.9 Å². The second-order valence-corrected chi connectivity index (χ2v) is 5.41. The average molecular weight is 275 g/mol. The molecule has 0 saturated carbocycles. The topological polar surface area (TPSA) is 32.7 Å². The zero-order chi connectivity index (χ0) is 14.4. The summed E-state index contributed by atoms with van der Waals surface area (Å²) in [5.41, 5.74) is 1.24. The van der Waals surface area contributed by atoms with E-state index in [1.165, 1.54) is 12.0 Å².